The Labute approximate surface area is 129 Å². The van der Waals surface area contributed by atoms with E-state index in [9.17, 15) is 18.0 Å². The second-order valence-corrected chi connectivity index (χ2v) is 5.27. The lowest BCUT2D eigenvalue weighted by Gasteiger charge is -2.26. The van der Waals surface area contributed by atoms with E-state index >= 15 is 0 Å². The zero-order chi connectivity index (χ0) is 16.0. The fraction of sp³-hybridized carbons (Fsp3) is 0.357. The van der Waals surface area contributed by atoms with Crippen LogP contribution in [-0.4, -0.2) is 30.3 Å². The maximum Gasteiger partial charge on any atom is 0.405 e. The first-order chi connectivity index (χ1) is 9.73. The molecule has 0 saturated carbocycles. The van der Waals surface area contributed by atoms with Gasteiger partial charge in [-0.2, -0.15) is 13.2 Å². The second-order valence-electron chi connectivity index (χ2n) is 4.41. The predicted molar refractivity (Wildman–Crippen MR) is 79.4 cm³/mol. The Bertz CT molecular complexity index is 529. The van der Waals surface area contributed by atoms with Crippen LogP contribution < -0.4 is 4.90 Å². The SMILES string of the molecule is CCCN(CC(F)(F)F)c1ccc(/C=C/C(=O)O)c(Br)c1. The van der Waals surface area contributed by atoms with Gasteiger partial charge in [0.2, 0.25) is 0 Å². The summed E-state index contributed by atoms with van der Waals surface area (Å²) in [4.78, 5) is 11.7. The average molecular weight is 366 g/mol. The molecule has 0 fully saturated rings. The van der Waals surface area contributed by atoms with Crippen molar-refractivity contribution in [3.63, 3.8) is 0 Å². The van der Waals surface area contributed by atoms with Crippen molar-refractivity contribution in [3.05, 3.63) is 34.3 Å². The Balaban J connectivity index is 3.00. The summed E-state index contributed by atoms with van der Waals surface area (Å²) >= 11 is 3.24. The molecule has 1 rings (SSSR count). The lowest BCUT2D eigenvalue weighted by Crippen LogP contribution is -2.34. The Morgan fingerprint density at radius 3 is 2.57 bits per heavy atom. The van der Waals surface area contributed by atoms with E-state index in [0.717, 1.165) is 6.08 Å². The maximum atomic E-state index is 12.6. The van der Waals surface area contributed by atoms with Crippen molar-refractivity contribution in [1.29, 1.82) is 0 Å². The van der Waals surface area contributed by atoms with Gasteiger partial charge in [-0.3, -0.25) is 0 Å². The van der Waals surface area contributed by atoms with Gasteiger partial charge in [-0.1, -0.05) is 28.9 Å². The molecule has 3 nitrogen and oxygen atoms in total. The van der Waals surface area contributed by atoms with Gasteiger partial charge in [0.15, 0.2) is 0 Å². The van der Waals surface area contributed by atoms with Crippen molar-refractivity contribution in [3.8, 4) is 0 Å². The number of hydrogen-bond donors (Lipinski definition) is 1. The molecule has 0 saturated heterocycles. The molecule has 21 heavy (non-hydrogen) atoms. The molecular weight excluding hydrogens is 351 g/mol. The van der Waals surface area contributed by atoms with Gasteiger partial charge >= 0.3 is 12.1 Å². The minimum Gasteiger partial charge on any atom is -0.478 e. The number of halogens is 4. The molecule has 1 aromatic carbocycles. The molecule has 0 spiro atoms. The van der Waals surface area contributed by atoms with Gasteiger partial charge in [0, 0.05) is 22.8 Å². The highest BCUT2D eigenvalue weighted by Gasteiger charge is 2.30. The molecule has 7 heteroatoms. The molecule has 0 unspecified atom stereocenters. The van der Waals surface area contributed by atoms with Crippen LogP contribution >= 0.6 is 15.9 Å². The number of rotatable bonds is 6. The first-order valence-electron chi connectivity index (χ1n) is 6.25. The van der Waals surface area contributed by atoms with E-state index in [2.05, 4.69) is 15.9 Å². The van der Waals surface area contributed by atoms with Crippen LogP contribution in [0.2, 0.25) is 0 Å². The van der Waals surface area contributed by atoms with Crippen molar-refractivity contribution in [2.45, 2.75) is 19.5 Å². The van der Waals surface area contributed by atoms with Gasteiger partial charge in [0.25, 0.3) is 0 Å². The molecule has 0 atom stereocenters. The second kappa shape index (κ2) is 7.49. The molecule has 0 aromatic heterocycles. The molecule has 0 aliphatic rings. The van der Waals surface area contributed by atoms with Crippen LogP contribution in [0.5, 0.6) is 0 Å². The first-order valence-corrected chi connectivity index (χ1v) is 7.04. The van der Waals surface area contributed by atoms with Gasteiger partial charge in [0.05, 0.1) is 0 Å². The number of nitrogens with zero attached hydrogens (tertiary/aromatic N) is 1. The Morgan fingerprint density at radius 2 is 2.10 bits per heavy atom. The number of carboxylic acids is 1. The van der Waals surface area contributed by atoms with Crippen LogP contribution in [-0.2, 0) is 4.79 Å². The standard InChI is InChI=1S/C14H15BrF3NO2/c1-2-7-19(9-14(16,17)18)11-5-3-10(12(15)8-11)4-6-13(20)21/h3-6,8H,2,7,9H2,1H3,(H,20,21)/b6-4+. The highest BCUT2D eigenvalue weighted by molar-refractivity contribution is 9.10. The summed E-state index contributed by atoms with van der Waals surface area (Å²) in [6.07, 6.45) is -1.33. The molecular formula is C14H15BrF3NO2. The molecule has 0 aliphatic heterocycles. The Morgan fingerprint density at radius 1 is 1.43 bits per heavy atom. The first kappa shape index (κ1) is 17.6. The van der Waals surface area contributed by atoms with Gasteiger partial charge in [0.1, 0.15) is 6.54 Å². The molecule has 0 amide bonds. The zero-order valence-electron chi connectivity index (χ0n) is 11.3. The van der Waals surface area contributed by atoms with Gasteiger partial charge < -0.3 is 10.0 Å². The van der Waals surface area contributed by atoms with Crippen LogP contribution in [0.3, 0.4) is 0 Å². The smallest absolute Gasteiger partial charge is 0.405 e. The summed E-state index contributed by atoms with van der Waals surface area (Å²) in [5.74, 6) is -1.09. The largest absolute Gasteiger partial charge is 0.478 e. The zero-order valence-corrected chi connectivity index (χ0v) is 12.9. The van der Waals surface area contributed by atoms with E-state index in [0.29, 0.717) is 22.1 Å². The number of hydrogen-bond acceptors (Lipinski definition) is 2. The van der Waals surface area contributed by atoms with Crippen LogP contribution in [0.4, 0.5) is 18.9 Å². The molecule has 116 valence electrons. The number of anilines is 1. The average Bonchev–Trinajstić information content (AvgIpc) is 2.35. The van der Waals surface area contributed by atoms with Crippen molar-refractivity contribution < 1.29 is 23.1 Å². The number of aliphatic carboxylic acids is 1. The van der Waals surface area contributed by atoms with E-state index < -0.39 is 18.7 Å². The third kappa shape index (κ3) is 6.20. The number of benzene rings is 1. The third-order valence-corrected chi connectivity index (χ3v) is 3.31. The van der Waals surface area contributed by atoms with E-state index in [-0.39, 0.29) is 6.54 Å². The van der Waals surface area contributed by atoms with Crippen molar-refractivity contribution in [1.82, 2.24) is 0 Å². The minimum absolute atomic E-state index is 0.288. The summed E-state index contributed by atoms with van der Waals surface area (Å²) in [6, 6.07) is 4.69. The molecule has 1 aromatic rings. The van der Waals surface area contributed by atoms with Crippen molar-refractivity contribution in [2.75, 3.05) is 18.0 Å². The van der Waals surface area contributed by atoms with Crippen molar-refractivity contribution in [2.24, 2.45) is 0 Å². The molecule has 1 N–H and O–H groups in total. The van der Waals surface area contributed by atoms with Gasteiger partial charge in [-0.05, 0) is 30.2 Å². The number of carboxylic acid groups (broad SMARTS) is 1. The Hall–Kier alpha value is -1.50. The number of alkyl halides is 3. The molecule has 0 heterocycles. The summed E-state index contributed by atoms with van der Waals surface area (Å²) in [6.45, 7) is 1.08. The highest BCUT2D eigenvalue weighted by atomic mass is 79.9. The lowest BCUT2D eigenvalue weighted by molar-refractivity contribution is -0.131. The highest BCUT2D eigenvalue weighted by Crippen LogP contribution is 2.28. The van der Waals surface area contributed by atoms with Gasteiger partial charge in [-0.25, -0.2) is 4.79 Å². The monoisotopic (exact) mass is 365 g/mol. The topological polar surface area (TPSA) is 40.5 Å². The fourth-order valence-corrected chi connectivity index (χ4v) is 2.29. The van der Waals surface area contributed by atoms with Gasteiger partial charge in [-0.15, -0.1) is 0 Å². The summed E-state index contributed by atoms with van der Waals surface area (Å²) < 4.78 is 38.3. The van der Waals surface area contributed by atoms with Crippen LogP contribution in [0.25, 0.3) is 6.08 Å². The molecule has 0 radical (unpaired) electrons. The summed E-state index contributed by atoms with van der Waals surface area (Å²) in [7, 11) is 0. The molecule has 0 aliphatic carbocycles. The normalized spacial score (nSPS) is 11.9. The van der Waals surface area contributed by atoms with Crippen LogP contribution in [0.1, 0.15) is 18.9 Å². The molecule has 0 bridgehead atoms. The third-order valence-electron chi connectivity index (χ3n) is 2.62. The number of carbonyl (C=O) groups is 1. The fourth-order valence-electron chi connectivity index (χ4n) is 1.79. The van der Waals surface area contributed by atoms with Crippen molar-refractivity contribution >= 4 is 33.7 Å². The summed E-state index contributed by atoms with van der Waals surface area (Å²) in [5, 5.41) is 8.57. The maximum absolute atomic E-state index is 12.6. The van der Waals surface area contributed by atoms with Crippen LogP contribution in [0, 0.1) is 0 Å². The van der Waals surface area contributed by atoms with E-state index in [4.69, 9.17) is 5.11 Å². The summed E-state index contributed by atoms with van der Waals surface area (Å²) in [5.41, 5.74) is 1.03. The van der Waals surface area contributed by atoms with E-state index in [1.165, 1.54) is 11.0 Å². The van der Waals surface area contributed by atoms with E-state index in [1.54, 1.807) is 18.2 Å². The Kier molecular flexibility index (Phi) is 6.26. The predicted octanol–water partition coefficient (Wildman–Crippen LogP) is 4.33. The lowest BCUT2D eigenvalue weighted by atomic mass is 10.1. The van der Waals surface area contributed by atoms with Crippen LogP contribution in [0.15, 0.2) is 28.7 Å². The quantitative estimate of drug-likeness (QED) is 0.763. The van der Waals surface area contributed by atoms with E-state index in [1.807, 2.05) is 6.92 Å². The minimum atomic E-state index is -4.27.